The van der Waals surface area contributed by atoms with E-state index in [1.807, 2.05) is 13.8 Å². The Labute approximate surface area is 192 Å². The lowest BCUT2D eigenvalue weighted by Gasteiger charge is -2.22. The number of alkyl carbamates (subject to hydrolysis) is 1. The monoisotopic (exact) mass is 441 g/mol. The van der Waals surface area contributed by atoms with Gasteiger partial charge in [-0.05, 0) is 19.3 Å². The fraction of sp³-hybridized carbons (Fsp3) is 0.923. The van der Waals surface area contributed by atoms with E-state index in [2.05, 4.69) is 12.2 Å². The van der Waals surface area contributed by atoms with Crippen LogP contribution in [0.25, 0.3) is 0 Å². The van der Waals surface area contributed by atoms with Gasteiger partial charge in [0.05, 0.1) is 13.2 Å². The molecule has 5 nitrogen and oxygen atoms in total. The molecular formula is C26H51NO4. The molecule has 0 aromatic heterocycles. The summed E-state index contributed by atoms with van der Waals surface area (Å²) in [6, 6.07) is -0.639. The first-order valence-corrected chi connectivity index (χ1v) is 13.2. The van der Waals surface area contributed by atoms with Gasteiger partial charge < -0.3 is 14.8 Å². The largest absolute Gasteiger partial charge is 0.464 e. The van der Waals surface area contributed by atoms with Gasteiger partial charge in [-0.25, -0.2) is 9.59 Å². The number of hydrogen-bond acceptors (Lipinski definition) is 4. The molecule has 0 rings (SSSR count). The molecule has 0 aromatic carbocycles. The first-order valence-electron chi connectivity index (χ1n) is 13.2. The Morgan fingerprint density at radius 3 is 1.55 bits per heavy atom. The van der Waals surface area contributed by atoms with Crippen LogP contribution in [0.1, 0.15) is 130 Å². The predicted molar refractivity (Wildman–Crippen MR) is 129 cm³/mol. The zero-order valence-corrected chi connectivity index (χ0v) is 21.0. The standard InChI is InChI=1S/C26H51NO4/c1-5-8-9-10-11-12-13-14-15-16-17-18-19-20-21-22-31-25(28)24(23(4)6-2)27-26(29)30-7-3/h23-24H,5-22H2,1-4H3,(H,27,29)/t23?,24-/m0/s1. The van der Waals surface area contributed by atoms with Gasteiger partial charge in [-0.2, -0.15) is 0 Å². The molecule has 0 heterocycles. The zero-order valence-electron chi connectivity index (χ0n) is 21.0. The lowest BCUT2D eigenvalue weighted by molar-refractivity contribution is -0.147. The summed E-state index contributed by atoms with van der Waals surface area (Å²) in [5.41, 5.74) is 0. The number of amides is 1. The molecule has 0 aliphatic heterocycles. The number of ether oxygens (including phenoxy) is 2. The maximum absolute atomic E-state index is 12.3. The molecule has 0 saturated carbocycles. The molecule has 184 valence electrons. The predicted octanol–water partition coefficient (Wildman–Crippen LogP) is 7.56. The van der Waals surface area contributed by atoms with E-state index in [1.54, 1.807) is 6.92 Å². The summed E-state index contributed by atoms with van der Waals surface area (Å²) < 4.78 is 10.3. The normalized spacial score (nSPS) is 12.9. The van der Waals surface area contributed by atoms with Crippen LogP contribution in [-0.4, -0.2) is 31.3 Å². The van der Waals surface area contributed by atoms with E-state index < -0.39 is 12.1 Å². The summed E-state index contributed by atoms with van der Waals surface area (Å²) in [5.74, 6) is -0.342. The van der Waals surface area contributed by atoms with Crippen LogP contribution in [0.5, 0.6) is 0 Å². The third-order valence-electron chi connectivity index (χ3n) is 6.01. The number of hydrogen-bond donors (Lipinski definition) is 1. The highest BCUT2D eigenvalue weighted by molar-refractivity contribution is 5.81. The van der Waals surface area contributed by atoms with Crippen molar-refractivity contribution in [2.24, 2.45) is 5.92 Å². The molecule has 0 aliphatic carbocycles. The van der Waals surface area contributed by atoms with Crippen LogP contribution in [0.15, 0.2) is 0 Å². The highest BCUT2D eigenvalue weighted by Crippen LogP contribution is 2.14. The summed E-state index contributed by atoms with van der Waals surface area (Å²) in [7, 11) is 0. The fourth-order valence-electron chi connectivity index (χ4n) is 3.70. The Morgan fingerprint density at radius 1 is 0.677 bits per heavy atom. The van der Waals surface area contributed by atoms with Crippen molar-refractivity contribution in [2.45, 2.75) is 136 Å². The van der Waals surface area contributed by atoms with Crippen LogP contribution < -0.4 is 5.32 Å². The van der Waals surface area contributed by atoms with E-state index in [0.717, 1.165) is 19.3 Å². The number of carbonyl (C=O) groups is 2. The molecule has 5 heteroatoms. The first kappa shape index (κ1) is 29.7. The lowest BCUT2D eigenvalue weighted by Crippen LogP contribution is -2.46. The quantitative estimate of drug-likeness (QED) is 0.147. The smallest absolute Gasteiger partial charge is 0.407 e. The summed E-state index contributed by atoms with van der Waals surface area (Å²) in [4.78, 5) is 24.0. The Kier molecular flexibility index (Phi) is 21.1. The van der Waals surface area contributed by atoms with Gasteiger partial charge in [0, 0.05) is 0 Å². The molecular weight excluding hydrogens is 390 g/mol. The van der Waals surface area contributed by atoms with Crippen molar-refractivity contribution in [2.75, 3.05) is 13.2 Å². The van der Waals surface area contributed by atoms with Gasteiger partial charge in [0.15, 0.2) is 0 Å². The molecule has 31 heavy (non-hydrogen) atoms. The van der Waals surface area contributed by atoms with Crippen LogP contribution >= 0.6 is 0 Å². The van der Waals surface area contributed by atoms with Crippen molar-refractivity contribution in [3.63, 3.8) is 0 Å². The molecule has 2 atom stereocenters. The van der Waals surface area contributed by atoms with Crippen molar-refractivity contribution in [1.29, 1.82) is 0 Å². The van der Waals surface area contributed by atoms with Crippen LogP contribution in [0.3, 0.4) is 0 Å². The SMILES string of the molecule is CCCCCCCCCCCCCCCCCOC(=O)[C@@H](NC(=O)OCC)C(C)CC. The minimum absolute atomic E-state index is 0.0120. The third-order valence-corrected chi connectivity index (χ3v) is 6.01. The molecule has 1 unspecified atom stereocenters. The topological polar surface area (TPSA) is 64.6 Å². The third kappa shape index (κ3) is 18.1. The average Bonchev–Trinajstić information content (AvgIpc) is 2.76. The van der Waals surface area contributed by atoms with E-state index in [4.69, 9.17) is 9.47 Å². The summed E-state index contributed by atoms with van der Waals surface area (Å²) in [6.07, 6.45) is 19.9. The van der Waals surface area contributed by atoms with Crippen LogP contribution in [0, 0.1) is 5.92 Å². The maximum atomic E-state index is 12.3. The minimum Gasteiger partial charge on any atom is -0.464 e. The number of rotatable bonds is 21. The average molecular weight is 442 g/mol. The zero-order chi connectivity index (χ0) is 23.2. The van der Waals surface area contributed by atoms with E-state index in [-0.39, 0.29) is 18.5 Å². The highest BCUT2D eigenvalue weighted by atomic mass is 16.6. The van der Waals surface area contributed by atoms with E-state index in [1.165, 1.54) is 83.5 Å². The van der Waals surface area contributed by atoms with Crippen LogP contribution in [0.2, 0.25) is 0 Å². The van der Waals surface area contributed by atoms with Crippen LogP contribution in [-0.2, 0) is 14.3 Å². The Bertz CT molecular complexity index is 428. The Hall–Kier alpha value is -1.26. The second kappa shape index (κ2) is 22.0. The first-order chi connectivity index (χ1) is 15.1. The van der Waals surface area contributed by atoms with Gasteiger partial charge in [-0.3, -0.25) is 0 Å². The second-order valence-electron chi connectivity index (χ2n) is 8.85. The van der Waals surface area contributed by atoms with E-state index >= 15 is 0 Å². The molecule has 0 saturated heterocycles. The number of nitrogens with one attached hydrogen (secondary N) is 1. The molecule has 1 N–H and O–H groups in total. The van der Waals surface area contributed by atoms with Crippen molar-refractivity contribution < 1.29 is 19.1 Å². The number of esters is 1. The Balaban J connectivity index is 3.61. The van der Waals surface area contributed by atoms with Gasteiger partial charge in [0.2, 0.25) is 0 Å². The van der Waals surface area contributed by atoms with E-state index in [9.17, 15) is 9.59 Å². The van der Waals surface area contributed by atoms with Crippen molar-refractivity contribution in [3.05, 3.63) is 0 Å². The fourth-order valence-corrected chi connectivity index (χ4v) is 3.70. The molecule has 1 amide bonds. The number of carbonyl (C=O) groups excluding carboxylic acids is 2. The van der Waals surface area contributed by atoms with Crippen LogP contribution in [0.4, 0.5) is 4.79 Å². The lowest BCUT2D eigenvalue weighted by atomic mass is 9.99. The van der Waals surface area contributed by atoms with Gasteiger partial charge >= 0.3 is 12.1 Å². The molecule has 0 aliphatic rings. The molecule has 0 aromatic rings. The summed E-state index contributed by atoms with van der Waals surface area (Å²) in [6.45, 7) is 8.65. The van der Waals surface area contributed by atoms with Crippen molar-refractivity contribution in [3.8, 4) is 0 Å². The highest BCUT2D eigenvalue weighted by Gasteiger charge is 2.27. The minimum atomic E-state index is -0.639. The molecule has 0 fully saturated rings. The molecule has 0 radical (unpaired) electrons. The van der Waals surface area contributed by atoms with Gasteiger partial charge in [0.1, 0.15) is 6.04 Å². The summed E-state index contributed by atoms with van der Waals surface area (Å²) >= 11 is 0. The van der Waals surface area contributed by atoms with Crippen molar-refractivity contribution in [1.82, 2.24) is 5.32 Å². The molecule has 0 bridgehead atoms. The van der Waals surface area contributed by atoms with Gasteiger partial charge in [-0.1, -0.05) is 117 Å². The number of unbranched alkanes of at least 4 members (excludes halogenated alkanes) is 14. The molecule has 0 spiro atoms. The second-order valence-corrected chi connectivity index (χ2v) is 8.85. The maximum Gasteiger partial charge on any atom is 0.407 e. The summed E-state index contributed by atoms with van der Waals surface area (Å²) in [5, 5.41) is 2.64. The van der Waals surface area contributed by atoms with Crippen molar-refractivity contribution >= 4 is 12.1 Å². The van der Waals surface area contributed by atoms with E-state index in [0.29, 0.717) is 6.61 Å². The van der Waals surface area contributed by atoms with Gasteiger partial charge in [-0.15, -0.1) is 0 Å². The Morgan fingerprint density at radius 2 is 1.13 bits per heavy atom. The van der Waals surface area contributed by atoms with Gasteiger partial charge in [0.25, 0.3) is 0 Å².